The highest BCUT2D eigenvalue weighted by Gasteiger charge is 2.28. The lowest BCUT2D eigenvalue weighted by Gasteiger charge is -2.02. The van der Waals surface area contributed by atoms with Gasteiger partial charge in [0.1, 0.15) is 18.2 Å². The van der Waals surface area contributed by atoms with Crippen LogP contribution in [0.15, 0.2) is 24.3 Å². The average Bonchev–Trinajstić information content (AvgIpc) is 2.95. The molecule has 0 spiro atoms. The summed E-state index contributed by atoms with van der Waals surface area (Å²) >= 11 is 0. The Bertz CT molecular complexity index is 584. The molecule has 1 N–H and O–H groups in total. The number of nitrogens with zero attached hydrogens (tertiary/aromatic N) is 3. The molecule has 5 heteroatoms. The highest BCUT2D eigenvalue weighted by Crippen LogP contribution is 2.36. The molecule has 84 valence electrons. The van der Waals surface area contributed by atoms with Gasteiger partial charge in [-0.15, -0.1) is 0 Å². The predicted molar refractivity (Wildman–Crippen MR) is 59.5 cm³/mol. The average molecular weight is 226 g/mol. The van der Waals surface area contributed by atoms with Crippen LogP contribution in [0.4, 0.5) is 0 Å². The van der Waals surface area contributed by atoms with E-state index in [0.717, 1.165) is 11.3 Å². The lowest BCUT2D eigenvalue weighted by Crippen LogP contribution is -2.04. The second-order valence-electron chi connectivity index (χ2n) is 3.88. The van der Waals surface area contributed by atoms with Crippen molar-refractivity contribution in [3.05, 3.63) is 41.5 Å². The quantitative estimate of drug-likeness (QED) is 0.839. The van der Waals surface area contributed by atoms with E-state index in [-0.39, 0.29) is 12.3 Å². The molecule has 1 aliphatic heterocycles. The standard InChI is InChI=1S/C12H10N4O/c13-6-5-11-14-12(16-15-11)9-7-17-10-4-2-1-3-8(9)10/h1-4,9H,5,7H2,(H,14,15,16). The van der Waals surface area contributed by atoms with Gasteiger partial charge in [0, 0.05) is 5.56 Å². The summed E-state index contributed by atoms with van der Waals surface area (Å²) in [6.07, 6.45) is 0.252. The Morgan fingerprint density at radius 1 is 1.47 bits per heavy atom. The summed E-state index contributed by atoms with van der Waals surface area (Å²) < 4.78 is 5.58. The van der Waals surface area contributed by atoms with E-state index in [1.807, 2.05) is 30.3 Å². The first kappa shape index (κ1) is 9.85. The number of nitrogens with one attached hydrogen (secondary N) is 1. The van der Waals surface area contributed by atoms with Gasteiger partial charge in [0.25, 0.3) is 0 Å². The Kier molecular flexibility index (Phi) is 2.26. The van der Waals surface area contributed by atoms with E-state index in [1.165, 1.54) is 0 Å². The molecule has 1 unspecified atom stereocenters. The number of rotatable bonds is 2. The molecule has 0 aliphatic carbocycles. The van der Waals surface area contributed by atoms with Crippen molar-refractivity contribution in [1.29, 1.82) is 5.26 Å². The van der Waals surface area contributed by atoms with Gasteiger partial charge in [-0.25, -0.2) is 4.98 Å². The second kappa shape index (κ2) is 3.91. The molecule has 17 heavy (non-hydrogen) atoms. The zero-order valence-corrected chi connectivity index (χ0v) is 9.05. The van der Waals surface area contributed by atoms with Crippen LogP contribution in [0.5, 0.6) is 5.75 Å². The van der Waals surface area contributed by atoms with Crippen LogP contribution >= 0.6 is 0 Å². The largest absolute Gasteiger partial charge is 0.492 e. The number of hydrogen-bond donors (Lipinski definition) is 1. The lowest BCUT2D eigenvalue weighted by molar-refractivity contribution is 0.340. The minimum Gasteiger partial charge on any atom is -0.492 e. The zero-order valence-electron chi connectivity index (χ0n) is 9.05. The van der Waals surface area contributed by atoms with Gasteiger partial charge in [0.15, 0.2) is 5.82 Å². The molecule has 0 radical (unpaired) electrons. The van der Waals surface area contributed by atoms with Crippen LogP contribution in [0, 0.1) is 11.3 Å². The van der Waals surface area contributed by atoms with Crippen molar-refractivity contribution in [3.63, 3.8) is 0 Å². The third-order valence-electron chi connectivity index (χ3n) is 2.81. The van der Waals surface area contributed by atoms with Crippen LogP contribution in [0.2, 0.25) is 0 Å². The van der Waals surface area contributed by atoms with E-state index in [2.05, 4.69) is 15.2 Å². The number of H-pyrrole nitrogens is 1. The first-order valence-corrected chi connectivity index (χ1v) is 5.38. The summed E-state index contributed by atoms with van der Waals surface area (Å²) in [5, 5.41) is 15.5. The van der Waals surface area contributed by atoms with Gasteiger partial charge in [0.2, 0.25) is 0 Å². The van der Waals surface area contributed by atoms with Gasteiger partial charge in [-0.05, 0) is 6.07 Å². The smallest absolute Gasteiger partial charge is 0.161 e. The highest BCUT2D eigenvalue weighted by molar-refractivity contribution is 5.42. The van der Waals surface area contributed by atoms with Gasteiger partial charge >= 0.3 is 0 Å². The third-order valence-corrected chi connectivity index (χ3v) is 2.81. The van der Waals surface area contributed by atoms with Crippen LogP contribution in [0.3, 0.4) is 0 Å². The topological polar surface area (TPSA) is 74.6 Å². The maximum absolute atomic E-state index is 8.59. The number of hydrogen-bond acceptors (Lipinski definition) is 4. The van der Waals surface area contributed by atoms with Crippen molar-refractivity contribution in [3.8, 4) is 11.8 Å². The minimum absolute atomic E-state index is 0.0647. The highest BCUT2D eigenvalue weighted by atomic mass is 16.5. The maximum Gasteiger partial charge on any atom is 0.161 e. The summed E-state index contributed by atoms with van der Waals surface area (Å²) in [7, 11) is 0. The summed E-state index contributed by atoms with van der Waals surface area (Å²) in [4.78, 5) is 4.31. The Morgan fingerprint density at radius 3 is 3.24 bits per heavy atom. The van der Waals surface area contributed by atoms with Gasteiger partial charge in [0.05, 0.1) is 18.4 Å². The van der Waals surface area contributed by atoms with Crippen molar-refractivity contribution in [2.75, 3.05) is 6.61 Å². The molecule has 0 bridgehead atoms. The number of para-hydroxylation sites is 1. The Labute approximate surface area is 98.1 Å². The normalized spacial score (nSPS) is 17.2. The number of aromatic nitrogens is 3. The van der Waals surface area contributed by atoms with Crippen molar-refractivity contribution in [1.82, 2.24) is 15.2 Å². The fraction of sp³-hybridized carbons (Fsp3) is 0.250. The Morgan fingerprint density at radius 2 is 2.35 bits per heavy atom. The fourth-order valence-corrected chi connectivity index (χ4v) is 2.00. The Balaban J connectivity index is 1.93. The van der Waals surface area contributed by atoms with Crippen LogP contribution in [-0.2, 0) is 6.42 Å². The van der Waals surface area contributed by atoms with E-state index < -0.39 is 0 Å². The molecule has 1 aliphatic rings. The number of benzene rings is 1. The van der Waals surface area contributed by atoms with E-state index in [9.17, 15) is 0 Å². The molecule has 5 nitrogen and oxygen atoms in total. The number of ether oxygens (including phenoxy) is 1. The molecule has 2 heterocycles. The van der Waals surface area contributed by atoms with Gasteiger partial charge in [-0.3, -0.25) is 5.10 Å². The minimum atomic E-state index is 0.0647. The number of aromatic amines is 1. The molecule has 0 saturated carbocycles. The molecule has 0 amide bonds. The molecule has 0 saturated heterocycles. The number of fused-ring (bicyclic) bond motifs is 1. The molecule has 1 aromatic heterocycles. The predicted octanol–water partition coefficient (Wildman–Crippen LogP) is 1.40. The zero-order chi connectivity index (χ0) is 11.7. The molecular weight excluding hydrogens is 216 g/mol. The lowest BCUT2D eigenvalue weighted by atomic mass is 10.0. The molecule has 2 aromatic rings. The maximum atomic E-state index is 8.59. The van der Waals surface area contributed by atoms with E-state index in [4.69, 9.17) is 10.00 Å². The molecule has 0 fully saturated rings. The third kappa shape index (κ3) is 1.64. The molecule has 1 aromatic carbocycles. The molecular formula is C12H10N4O. The fourth-order valence-electron chi connectivity index (χ4n) is 2.00. The second-order valence-corrected chi connectivity index (χ2v) is 3.88. The van der Waals surface area contributed by atoms with Gasteiger partial charge in [-0.2, -0.15) is 10.4 Å². The van der Waals surface area contributed by atoms with E-state index in [0.29, 0.717) is 18.3 Å². The van der Waals surface area contributed by atoms with Crippen molar-refractivity contribution >= 4 is 0 Å². The van der Waals surface area contributed by atoms with Crippen LogP contribution < -0.4 is 4.74 Å². The summed E-state index contributed by atoms with van der Waals surface area (Å²) in [6, 6.07) is 9.93. The van der Waals surface area contributed by atoms with E-state index >= 15 is 0 Å². The first-order valence-electron chi connectivity index (χ1n) is 5.38. The molecule has 3 rings (SSSR count). The summed E-state index contributed by atoms with van der Waals surface area (Å²) in [6.45, 7) is 0.559. The summed E-state index contributed by atoms with van der Waals surface area (Å²) in [5.74, 6) is 2.26. The Hall–Kier alpha value is -2.35. The van der Waals surface area contributed by atoms with E-state index in [1.54, 1.807) is 0 Å². The van der Waals surface area contributed by atoms with Crippen molar-refractivity contribution in [2.45, 2.75) is 12.3 Å². The van der Waals surface area contributed by atoms with Gasteiger partial charge < -0.3 is 4.74 Å². The monoisotopic (exact) mass is 226 g/mol. The van der Waals surface area contributed by atoms with Crippen LogP contribution in [0.1, 0.15) is 23.1 Å². The number of nitriles is 1. The van der Waals surface area contributed by atoms with Crippen LogP contribution in [0.25, 0.3) is 0 Å². The summed E-state index contributed by atoms with van der Waals surface area (Å²) in [5.41, 5.74) is 1.11. The van der Waals surface area contributed by atoms with Crippen molar-refractivity contribution < 1.29 is 4.74 Å². The van der Waals surface area contributed by atoms with Crippen molar-refractivity contribution in [2.24, 2.45) is 0 Å². The first-order chi connectivity index (χ1) is 8.38. The SMILES string of the molecule is N#CCc1nc(C2COc3ccccc32)n[nH]1. The van der Waals surface area contributed by atoms with Gasteiger partial charge in [-0.1, -0.05) is 18.2 Å². The van der Waals surface area contributed by atoms with Crippen LogP contribution in [-0.4, -0.2) is 21.8 Å². The molecule has 1 atom stereocenters.